The first kappa shape index (κ1) is 83.4. The molecule has 0 amide bonds. The standard InChI is InChI=1S/C23H19BrF2N2O2.C23H19Cl3N2O2.C23H28Cl2N2O.C23H29ClN2O2/c24-14-6-8-16-20(11-14)30-23-21(19(29)10-13-4-2-1-3-5-13)27-28(22(16)23)18-9-7-15(25)12-17(18)26;24-14-7-9-18(17(26)11-14)28-22-16-8-6-15(25)12-20(16)30-23(22)21(27-28)19(29)10-13-4-2-1-3-5-13;24-11-5-2-6-12-27-23-19-10-9-18(25)14-17(19)15-20(23)22(26-27)21(28)13-16-7-3-1-4-8-16;1-16-10-11-18-20(14-16)28-23-21(19(27)15-17-8-4-2-5-9-17)25-26(22(18)23)13-7-3-6-12-24/h2*6-9,11-13H,1-5,10H2;9-10,14,16H,1-8,11-13,15H2;10-11,14,17H,2-9,12-13,15H2,1H3. The van der Waals surface area contributed by atoms with E-state index in [1.165, 1.54) is 105 Å². The highest BCUT2D eigenvalue weighted by Crippen LogP contribution is 2.44. The second kappa shape index (κ2) is 38.2. The molecule has 15 nitrogen and oxygen atoms in total. The van der Waals surface area contributed by atoms with E-state index in [0.29, 0.717) is 143 Å². The van der Waals surface area contributed by atoms with Crippen LogP contribution in [0.5, 0.6) is 0 Å². The van der Waals surface area contributed by atoms with Gasteiger partial charge >= 0.3 is 0 Å². The van der Waals surface area contributed by atoms with Crippen molar-refractivity contribution < 1.29 is 41.2 Å². The van der Waals surface area contributed by atoms with Crippen LogP contribution in [0.2, 0.25) is 20.1 Å². The summed E-state index contributed by atoms with van der Waals surface area (Å²) in [7, 11) is 0. The minimum Gasteiger partial charge on any atom is -0.452 e. The van der Waals surface area contributed by atoms with Crippen LogP contribution in [0, 0.1) is 42.2 Å². The second-order valence-electron chi connectivity index (χ2n) is 32.3. The van der Waals surface area contributed by atoms with E-state index in [9.17, 15) is 28.0 Å². The summed E-state index contributed by atoms with van der Waals surface area (Å²) in [5.74, 6) is 1.99. The van der Waals surface area contributed by atoms with Crippen LogP contribution in [-0.4, -0.2) is 74.0 Å². The molecule has 0 unspecified atom stereocenters. The third kappa shape index (κ3) is 18.8. The molecule has 6 aromatic carbocycles. The summed E-state index contributed by atoms with van der Waals surface area (Å²) in [6, 6.07) is 31.7. The second-order valence-corrected chi connectivity index (χ2v) is 35.7. The van der Waals surface area contributed by atoms with Crippen molar-refractivity contribution >= 4 is 175 Å². The normalized spacial score (nSPS) is 15.6. The Kier molecular flexibility index (Phi) is 27.4. The number of halogens is 9. The van der Waals surface area contributed by atoms with Crippen LogP contribution < -0.4 is 0 Å². The molecule has 7 aromatic heterocycles. The zero-order chi connectivity index (χ0) is 80.7. The molecule has 5 aliphatic carbocycles. The predicted molar refractivity (Wildman–Crippen MR) is 465 cm³/mol. The Labute approximate surface area is 711 Å². The van der Waals surface area contributed by atoms with Crippen molar-refractivity contribution in [3.05, 3.63) is 185 Å². The van der Waals surface area contributed by atoms with Gasteiger partial charge in [-0.05, 0) is 152 Å². The number of ketones is 4. The number of rotatable bonds is 24. The zero-order valence-corrected chi connectivity index (χ0v) is 71.4. The number of carbonyl (C=O) groups is 4. The van der Waals surface area contributed by atoms with Gasteiger partial charge in [-0.25, -0.2) is 18.1 Å². The Balaban J connectivity index is 0.000000121. The lowest BCUT2D eigenvalue weighted by molar-refractivity contribution is 0.0936. The summed E-state index contributed by atoms with van der Waals surface area (Å²) in [6.07, 6.45) is 32.8. The highest BCUT2D eigenvalue weighted by Gasteiger charge is 2.35. The van der Waals surface area contributed by atoms with E-state index in [1.54, 1.807) is 41.1 Å². The first-order valence-corrected chi connectivity index (χ1v) is 44.9. The summed E-state index contributed by atoms with van der Waals surface area (Å²) in [5, 5.41) is 23.5. The molecule has 4 fully saturated rings. The fourth-order valence-corrected chi connectivity index (χ4v) is 19.5. The molecule has 608 valence electrons. The molecule has 13 aromatic rings. The quantitative estimate of drug-likeness (QED) is 0.0319. The van der Waals surface area contributed by atoms with Gasteiger partial charge in [-0.2, -0.15) is 20.4 Å². The van der Waals surface area contributed by atoms with Crippen LogP contribution >= 0.6 is 85.5 Å². The van der Waals surface area contributed by atoms with Crippen LogP contribution in [0.1, 0.15) is 251 Å². The number of hydrogen-bond acceptors (Lipinski definition) is 11. The van der Waals surface area contributed by atoms with Gasteiger partial charge in [0, 0.05) is 116 Å². The molecule has 5 aliphatic rings. The van der Waals surface area contributed by atoms with Gasteiger partial charge in [0.05, 0.1) is 16.4 Å². The van der Waals surface area contributed by atoms with Crippen LogP contribution in [0.15, 0.2) is 127 Å². The number of aryl methyl sites for hydroxylation is 3. The van der Waals surface area contributed by atoms with Crippen molar-refractivity contribution in [1.82, 2.24) is 39.1 Å². The Bertz CT molecular complexity index is 5550. The molecular formula is C92H95BrCl6F2N8O7. The molecule has 0 bridgehead atoms. The minimum absolute atomic E-state index is 0.000823. The minimum atomic E-state index is -0.753. The molecule has 18 rings (SSSR count). The van der Waals surface area contributed by atoms with E-state index in [-0.39, 0.29) is 34.5 Å². The summed E-state index contributed by atoms with van der Waals surface area (Å²) < 4.78 is 54.2. The fraction of sp³-hybridized carbons (Fsp3) is 0.435. The average Bonchev–Trinajstić information content (AvgIpc) is 1.59. The zero-order valence-electron chi connectivity index (χ0n) is 65.3. The van der Waals surface area contributed by atoms with Crippen molar-refractivity contribution in [3.63, 3.8) is 0 Å². The van der Waals surface area contributed by atoms with E-state index in [2.05, 4.69) is 55.9 Å². The van der Waals surface area contributed by atoms with Gasteiger partial charge in [-0.3, -0.25) is 28.5 Å². The highest BCUT2D eigenvalue weighted by atomic mass is 79.9. The van der Waals surface area contributed by atoms with Crippen molar-refractivity contribution in [1.29, 1.82) is 0 Å². The lowest BCUT2D eigenvalue weighted by atomic mass is 9.85. The molecule has 0 aliphatic heterocycles. The van der Waals surface area contributed by atoms with Gasteiger partial charge in [-0.1, -0.05) is 216 Å². The van der Waals surface area contributed by atoms with Crippen molar-refractivity contribution in [2.24, 2.45) is 23.7 Å². The number of fused-ring (bicyclic) bond motifs is 12. The molecule has 0 spiro atoms. The van der Waals surface area contributed by atoms with E-state index in [0.717, 1.165) is 164 Å². The van der Waals surface area contributed by atoms with E-state index in [1.807, 2.05) is 41.1 Å². The van der Waals surface area contributed by atoms with Gasteiger partial charge in [0.25, 0.3) is 0 Å². The van der Waals surface area contributed by atoms with E-state index >= 15 is 0 Å². The maximum absolute atomic E-state index is 14.6. The largest absolute Gasteiger partial charge is 0.452 e. The topological polar surface area (TPSA) is 179 Å². The van der Waals surface area contributed by atoms with Crippen molar-refractivity contribution in [2.75, 3.05) is 11.8 Å². The molecule has 0 radical (unpaired) electrons. The summed E-state index contributed by atoms with van der Waals surface area (Å²) in [4.78, 5) is 52.7. The van der Waals surface area contributed by atoms with Gasteiger partial charge in [0.1, 0.15) is 50.5 Å². The number of aromatic nitrogens is 8. The third-order valence-electron chi connectivity index (χ3n) is 23.9. The van der Waals surface area contributed by atoms with E-state index in [4.69, 9.17) is 93.1 Å². The number of furan rings is 3. The molecule has 0 saturated heterocycles. The number of nitrogens with zero attached hydrogens (tertiary/aromatic N) is 8. The molecule has 0 atom stereocenters. The highest BCUT2D eigenvalue weighted by molar-refractivity contribution is 9.10. The number of Topliss-reactive ketones (excluding diaryl/α,β-unsaturated/α-hetero) is 4. The Morgan fingerprint density at radius 2 is 0.871 bits per heavy atom. The summed E-state index contributed by atoms with van der Waals surface area (Å²) in [5.41, 5.74) is 13.9. The molecule has 7 heterocycles. The lowest BCUT2D eigenvalue weighted by Crippen LogP contribution is -2.14. The Morgan fingerprint density at radius 3 is 1.41 bits per heavy atom. The molecule has 24 heteroatoms. The van der Waals surface area contributed by atoms with Crippen LogP contribution in [0.4, 0.5) is 8.78 Å². The van der Waals surface area contributed by atoms with Crippen molar-refractivity contribution in [3.8, 4) is 22.6 Å². The van der Waals surface area contributed by atoms with Gasteiger partial charge in [0.2, 0.25) is 0 Å². The molecular weight excluding hydrogens is 1660 g/mol. The first-order chi connectivity index (χ1) is 56.4. The van der Waals surface area contributed by atoms with Gasteiger partial charge < -0.3 is 13.3 Å². The van der Waals surface area contributed by atoms with Gasteiger partial charge in [-0.15, -0.1) is 23.2 Å². The Hall–Kier alpha value is -7.68. The SMILES string of the molecule is Cc1ccc2c(c1)oc1c(C(=O)CC3CCCCC3)nn(CCCCCCl)c12.O=C(CC1CCCCC1)c1nn(-c2ccc(Cl)cc2Cl)c2c1oc1cc(Cl)ccc12.O=C(CC1CCCCC1)c1nn(-c2ccc(F)cc2F)c2c1oc1cc(Br)ccc12.O=C(CC1CCCCC1)c1nn(CCCCCCl)c2c1Cc1cc(Cl)ccc1-2. The maximum Gasteiger partial charge on any atom is 0.187 e. The lowest BCUT2D eigenvalue weighted by Gasteiger charge is -2.20. The number of hydrogen-bond donors (Lipinski definition) is 0. The molecule has 4 saturated carbocycles. The number of benzene rings is 6. The predicted octanol–water partition coefficient (Wildman–Crippen LogP) is 28.2. The van der Waals surface area contributed by atoms with Crippen LogP contribution in [-0.2, 0) is 19.5 Å². The van der Waals surface area contributed by atoms with Crippen LogP contribution in [0.3, 0.4) is 0 Å². The van der Waals surface area contributed by atoms with Crippen LogP contribution in [0.25, 0.3) is 88.8 Å². The number of unbranched alkanes of at least 4 members (excludes halogenated alkanes) is 4. The first-order valence-electron chi connectivity index (χ1n) is 41.5. The summed E-state index contributed by atoms with van der Waals surface area (Å²) >= 11 is 40.0. The Morgan fingerprint density at radius 1 is 0.440 bits per heavy atom. The van der Waals surface area contributed by atoms with Gasteiger partial charge in [0.15, 0.2) is 62.8 Å². The molecule has 116 heavy (non-hydrogen) atoms. The van der Waals surface area contributed by atoms with E-state index < -0.39 is 11.6 Å². The smallest absolute Gasteiger partial charge is 0.187 e. The third-order valence-corrected chi connectivity index (χ3v) is 25.9. The maximum atomic E-state index is 14.6. The fourth-order valence-electron chi connectivity index (χ4n) is 18.0. The summed E-state index contributed by atoms with van der Waals surface area (Å²) in [6.45, 7) is 3.67. The van der Waals surface area contributed by atoms with Crippen molar-refractivity contribution in [2.45, 2.75) is 219 Å². The number of alkyl halides is 2. The number of carbonyl (C=O) groups excluding carboxylic acids is 4. The average molecular weight is 1760 g/mol. The monoisotopic (exact) mass is 1750 g/mol. The molecule has 0 N–H and O–H groups in total.